The number of aromatic nitrogens is 2. The molecule has 0 atom stereocenters. The highest BCUT2D eigenvalue weighted by atomic mass is 35.5. The van der Waals surface area contributed by atoms with Crippen LogP contribution in [0.1, 0.15) is 21.6 Å². The van der Waals surface area contributed by atoms with E-state index in [4.69, 9.17) is 11.6 Å². The van der Waals surface area contributed by atoms with Gasteiger partial charge in [0.2, 0.25) is 0 Å². The fourth-order valence-electron chi connectivity index (χ4n) is 1.69. The summed E-state index contributed by atoms with van der Waals surface area (Å²) in [5.41, 5.74) is 3.10. The van der Waals surface area contributed by atoms with Gasteiger partial charge in [-0.3, -0.25) is 9.78 Å². The van der Waals surface area contributed by atoms with Crippen LogP contribution in [0.4, 0.5) is 5.69 Å². The zero-order valence-corrected chi connectivity index (χ0v) is 10.8. The van der Waals surface area contributed by atoms with E-state index in [1.807, 2.05) is 32.0 Å². The van der Waals surface area contributed by atoms with Gasteiger partial charge in [-0.2, -0.15) is 0 Å². The molecule has 0 spiro atoms. The minimum absolute atomic E-state index is 0.196. The number of carbonyl (C=O) groups is 1. The number of anilines is 1. The maximum absolute atomic E-state index is 11.9. The molecule has 0 bridgehead atoms. The van der Waals surface area contributed by atoms with E-state index in [9.17, 15) is 4.79 Å². The number of carbonyl (C=O) groups excluding carboxylic acids is 1. The van der Waals surface area contributed by atoms with Gasteiger partial charge in [0.25, 0.3) is 5.91 Å². The fraction of sp³-hybridized carbons (Fsp3) is 0.154. The van der Waals surface area contributed by atoms with Crippen LogP contribution in [0, 0.1) is 13.8 Å². The monoisotopic (exact) mass is 261 g/mol. The van der Waals surface area contributed by atoms with Gasteiger partial charge in [-0.1, -0.05) is 17.7 Å². The summed E-state index contributed by atoms with van der Waals surface area (Å²) in [5.74, 6) is -0.324. The topological polar surface area (TPSA) is 54.9 Å². The predicted molar refractivity (Wildman–Crippen MR) is 70.9 cm³/mol. The SMILES string of the molecule is Cc1cc(C)cc(NC(=O)c2cncc(Cl)n2)c1. The van der Waals surface area contributed by atoms with Crippen molar-refractivity contribution in [2.45, 2.75) is 13.8 Å². The van der Waals surface area contributed by atoms with Crippen molar-refractivity contribution in [3.8, 4) is 0 Å². The van der Waals surface area contributed by atoms with Gasteiger partial charge >= 0.3 is 0 Å². The van der Waals surface area contributed by atoms with Gasteiger partial charge in [-0.05, 0) is 37.1 Å². The van der Waals surface area contributed by atoms with E-state index in [2.05, 4.69) is 15.3 Å². The molecule has 0 saturated carbocycles. The lowest BCUT2D eigenvalue weighted by molar-refractivity contribution is 0.102. The molecule has 1 heterocycles. The Kier molecular flexibility index (Phi) is 3.58. The summed E-state index contributed by atoms with van der Waals surface area (Å²) in [6.07, 6.45) is 2.76. The van der Waals surface area contributed by atoms with E-state index in [-0.39, 0.29) is 16.8 Å². The van der Waals surface area contributed by atoms with Gasteiger partial charge in [-0.15, -0.1) is 0 Å². The van der Waals surface area contributed by atoms with Crippen LogP contribution >= 0.6 is 11.6 Å². The summed E-state index contributed by atoms with van der Waals surface area (Å²) in [6.45, 7) is 3.95. The van der Waals surface area contributed by atoms with Gasteiger partial charge in [0, 0.05) is 5.69 Å². The normalized spacial score (nSPS) is 10.2. The quantitative estimate of drug-likeness (QED) is 0.904. The molecule has 0 aliphatic heterocycles. The lowest BCUT2D eigenvalue weighted by Crippen LogP contribution is -2.14. The molecule has 0 aliphatic carbocycles. The van der Waals surface area contributed by atoms with Crippen molar-refractivity contribution in [2.75, 3.05) is 5.32 Å². The molecule has 0 fully saturated rings. The number of hydrogen-bond donors (Lipinski definition) is 1. The first-order valence-corrected chi connectivity index (χ1v) is 5.79. The molecular weight excluding hydrogens is 250 g/mol. The molecule has 0 radical (unpaired) electrons. The fourth-order valence-corrected chi connectivity index (χ4v) is 1.84. The van der Waals surface area contributed by atoms with E-state index in [1.165, 1.54) is 12.4 Å². The molecule has 1 aromatic carbocycles. The van der Waals surface area contributed by atoms with Crippen molar-refractivity contribution in [3.05, 3.63) is 52.6 Å². The summed E-state index contributed by atoms with van der Waals surface area (Å²) >= 11 is 5.69. The summed E-state index contributed by atoms with van der Waals surface area (Å²) in [4.78, 5) is 19.6. The predicted octanol–water partition coefficient (Wildman–Crippen LogP) is 3.00. The lowest BCUT2D eigenvalue weighted by Gasteiger charge is -2.07. The summed E-state index contributed by atoms with van der Waals surface area (Å²) < 4.78 is 0. The third kappa shape index (κ3) is 3.05. The van der Waals surface area contributed by atoms with Gasteiger partial charge in [0.1, 0.15) is 10.8 Å². The molecule has 0 saturated heterocycles. The molecule has 0 unspecified atom stereocenters. The molecule has 5 heteroatoms. The van der Waals surface area contributed by atoms with Crippen LogP contribution in [0.5, 0.6) is 0 Å². The Balaban J connectivity index is 2.21. The van der Waals surface area contributed by atoms with Gasteiger partial charge in [-0.25, -0.2) is 4.98 Å². The van der Waals surface area contributed by atoms with E-state index in [0.717, 1.165) is 16.8 Å². The molecule has 1 aromatic heterocycles. The molecule has 1 N–H and O–H groups in total. The van der Waals surface area contributed by atoms with Crippen LogP contribution in [0.15, 0.2) is 30.6 Å². The maximum atomic E-state index is 11.9. The van der Waals surface area contributed by atoms with E-state index in [1.54, 1.807) is 0 Å². The highest BCUT2D eigenvalue weighted by Crippen LogP contribution is 2.14. The third-order valence-electron chi connectivity index (χ3n) is 2.32. The lowest BCUT2D eigenvalue weighted by atomic mass is 10.1. The second-order valence-corrected chi connectivity index (χ2v) is 4.44. The van der Waals surface area contributed by atoms with Crippen LogP contribution in [-0.4, -0.2) is 15.9 Å². The Morgan fingerprint density at radius 3 is 2.44 bits per heavy atom. The standard InChI is InChI=1S/C13H12ClN3O/c1-8-3-9(2)5-10(4-8)16-13(18)11-6-15-7-12(14)17-11/h3-7H,1-2H3,(H,16,18). The van der Waals surface area contributed by atoms with Gasteiger partial charge in [0.15, 0.2) is 0 Å². The van der Waals surface area contributed by atoms with Crippen molar-refractivity contribution >= 4 is 23.2 Å². The molecule has 2 rings (SSSR count). The Morgan fingerprint density at radius 1 is 1.17 bits per heavy atom. The summed E-state index contributed by atoms with van der Waals surface area (Å²) in [6, 6.07) is 5.82. The smallest absolute Gasteiger partial charge is 0.275 e. The Labute approximate surface area is 110 Å². The largest absolute Gasteiger partial charge is 0.321 e. The molecule has 0 aliphatic rings. The first-order valence-electron chi connectivity index (χ1n) is 5.42. The number of nitrogens with zero attached hydrogens (tertiary/aromatic N) is 2. The molecule has 2 aromatic rings. The van der Waals surface area contributed by atoms with Gasteiger partial charge < -0.3 is 5.32 Å². The van der Waals surface area contributed by atoms with Crippen LogP contribution in [0.25, 0.3) is 0 Å². The highest BCUT2D eigenvalue weighted by Gasteiger charge is 2.09. The number of benzene rings is 1. The van der Waals surface area contributed by atoms with Gasteiger partial charge in [0.05, 0.1) is 12.4 Å². The zero-order valence-electron chi connectivity index (χ0n) is 10.1. The number of aryl methyl sites for hydroxylation is 2. The molecule has 1 amide bonds. The number of amides is 1. The number of nitrogens with one attached hydrogen (secondary N) is 1. The number of halogens is 1. The van der Waals surface area contributed by atoms with Crippen molar-refractivity contribution in [2.24, 2.45) is 0 Å². The molecular formula is C13H12ClN3O. The number of rotatable bonds is 2. The van der Waals surface area contributed by atoms with Crippen molar-refractivity contribution in [3.63, 3.8) is 0 Å². The van der Waals surface area contributed by atoms with E-state index in [0.29, 0.717) is 0 Å². The molecule has 18 heavy (non-hydrogen) atoms. The van der Waals surface area contributed by atoms with E-state index < -0.39 is 0 Å². The minimum Gasteiger partial charge on any atom is -0.321 e. The van der Waals surface area contributed by atoms with Crippen LogP contribution in [0.2, 0.25) is 5.15 Å². The third-order valence-corrected chi connectivity index (χ3v) is 2.50. The maximum Gasteiger partial charge on any atom is 0.275 e. The second-order valence-electron chi connectivity index (χ2n) is 4.06. The number of hydrogen-bond acceptors (Lipinski definition) is 3. The Hall–Kier alpha value is -1.94. The Morgan fingerprint density at radius 2 is 1.83 bits per heavy atom. The zero-order chi connectivity index (χ0) is 13.1. The van der Waals surface area contributed by atoms with Crippen molar-refractivity contribution < 1.29 is 4.79 Å². The summed E-state index contributed by atoms with van der Waals surface area (Å²) in [7, 11) is 0. The average molecular weight is 262 g/mol. The molecule has 4 nitrogen and oxygen atoms in total. The first kappa shape index (κ1) is 12.5. The highest BCUT2D eigenvalue weighted by molar-refractivity contribution is 6.29. The summed E-state index contributed by atoms with van der Waals surface area (Å²) in [5, 5.41) is 2.96. The van der Waals surface area contributed by atoms with Crippen molar-refractivity contribution in [1.29, 1.82) is 0 Å². The van der Waals surface area contributed by atoms with Crippen LogP contribution < -0.4 is 5.32 Å². The Bertz CT molecular complexity index is 578. The van der Waals surface area contributed by atoms with Crippen LogP contribution in [0.3, 0.4) is 0 Å². The van der Waals surface area contributed by atoms with E-state index >= 15 is 0 Å². The molecule has 92 valence electrons. The van der Waals surface area contributed by atoms with Crippen LogP contribution in [-0.2, 0) is 0 Å². The second kappa shape index (κ2) is 5.14. The minimum atomic E-state index is -0.324. The average Bonchev–Trinajstić information content (AvgIpc) is 2.27. The first-order chi connectivity index (χ1) is 8.54. The van der Waals surface area contributed by atoms with Crippen molar-refractivity contribution in [1.82, 2.24) is 9.97 Å².